The Morgan fingerprint density at radius 1 is 1.44 bits per heavy atom. The molecule has 0 aromatic rings. The zero-order valence-corrected chi connectivity index (χ0v) is 10.6. The summed E-state index contributed by atoms with van der Waals surface area (Å²) >= 11 is 4.89. The highest BCUT2D eigenvalue weighted by atomic mass is 32.1. The zero-order valence-electron chi connectivity index (χ0n) is 9.79. The summed E-state index contributed by atoms with van der Waals surface area (Å²) in [6.07, 6.45) is 0.817. The van der Waals surface area contributed by atoms with Crippen molar-refractivity contribution in [2.24, 2.45) is 0 Å². The first-order valence-electron chi connectivity index (χ1n) is 4.93. The Kier molecular flexibility index (Phi) is 6.95. The van der Waals surface area contributed by atoms with Crippen molar-refractivity contribution in [3.63, 3.8) is 0 Å². The molecule has 94 valence electrons. The zero-order chi connectivity index (χ0) is 12.6. The molecule has 7 heteroatoms. The molecule has 0 radical (unpaired) electrons. The SMILES string of the molecule is COCCCNC(=S)NNC(=O)C(C)(C)O. The van der Waals surface area contributed by atoms with Gasteiger partial charge in [0.05, 0.1) is 0 Å². The molecular weight excluding hydrogens is 230 g/mol. The van der Waals surface area contributed by atoms with Gasteiger partial charge in [-0.25, -0.2) is 0 Å². The molecule has 0 aliphatic rings. The smallest absolute Gasteiger partial charge is 0.269 e. The van der Waals surface area contributed by atoms with E-state index in [-0.39, 0.29) is 0 Å². The molecule has 0 aromatic heterocycles. The Bertz CT molecular complexity index is 241. The van der Waals surface area contributed by atoms with Crippen molar-refractivity contribution in [2.45, 2.75) is 25.9 Å². The van der Waals surface area contributed by atoms with Gasteiger partial charge in [0.25, 0.3) is 5.91 Å². The summed E-state index contributed by atoms with van der Waals surface area (Å²) in [6.45, 7) is 4.07. The average Bonchev–Trinajstić information content (AvgIpc) is 2.19. The maximum atomic E-state index is 11.2. The fraction of sp³-hybridized carbons (Fsp3) is 0.778. The molecule has 0 unspecified atom stereocenters. The average molecular weight is 249 g/mol. The van der Waals surface area contributed by atoms with Crippen LogP contribution in [-0.2, 0) is 9.53 Å². The van der Waals surface area contributed by atoms with Gasteiger partial charge < -0.3 is 15.2 Å². The molecule has 0 fully saturated rings. The number of rotatable bonds is 5. The second-order valence-corrected chi connectivity index (χ2v) is 4.15. The summed E-state index contributed by atoms with van der Waals surface area (Å²) in [7, 11) is 1.63. The third kappa shape index (κ3) is 7.38. The number of hydrogen-bond donors (Lipinski definition) is 4. The van der Waals surface area contributed by atoms with Gasteiger partial charge in [-0.2, -0.15) is 0 Å². The predicted octanol–water partition coefficient (Wildman–Crippen LogP) is -0.711. The number of ether oxygens (including phenoxy) is 1. The van der Waals surface area contributed by atoms with Gasteiger partial charge in [0.15, 0.2) is 5.11 Å². The molecule has 0 bridgehead atoms. The van der Waals surface area contributed by atoms with Crippen molar-refractivity contribution in [2.75, 3.05) is 20.3 Å². The van der Waals surface area contributed by atoms with E-state index in [4.69, 9.17) is 17.0 Å². The molecule has 0 spiro atoms. The molecule has 4 N–H and O–H groups in total. The topological polar surface area (TPSA) is 82.6 Å². The van der Waals surface area contributed by atoms with Crippen LogP contribution < -0.4 is 16.2 Å². The number of aliphatic hydroxyl groups is 1. The van der Waals surface area contributed by atoms with Gasteiger partial charge in [-0.05, 0) is 32.5 Å². The highest BCUT2D eigenvalue weighted by Crippen LogP contribution is 1.98. The van der Waals surface area contributed by atoms with Crippen LogP contribution in [0.5, 0.6) is 0 Å². The lowest BCUT2D eigenvalue weighted by Gasteiger charge is -2.18. The standard InChI is InChI=1S/C9H19N3O3S/c1-9(2,14)7(13)11-12-8(16)10-5-4-6-15-3/h14H,4-6H2,1-3H3,(H,11,13)(H2,10,12,16). The Morgan fingerprint density at radius 3 is 2.56 bits per heavy atom. The van der Waals surface area contributed by atoms with Crippen LogP contribution in [0, 0.1) is 0 Å². The summed E-state index contributed by atoms with van der Waals surface area (Å²) < 4.78 is 4.86. The summed E-state index contributed by atoms with van der Waals surface area (Å²) in [4.78, 5) is 11.2. The summed E-state index contributed by atoms with van der Waals surface area (Å²) in [5, 5.41) is 12.5. The lowest BCUT2D eigenvalue weighted by Crippen LogP contribution is -2.53. The quantitative estimate of drug-likeness (QED) is 0.293. The van der Waals surface area contributed by atoms with Gasteiger partial charge >= 0.3 is 0 Å². The first-order chi connectivity index (χ1) is 7.38. The van der Waals surface area contributed by atoms with E-state index in [0.717, 1.165) is 6.42 Å². The van der Waals surface area contributed by atoms with Crippen molar-refractivity contribution >= 4 is 23.2 Å². The molecule has 0 rings (SSSR count). The van der Waals surface area contributed by atoms with Crippen LogP contribution >= 0.6 is 12.2 Å². The number of thiocarbonyl (C=S) groups is 1. The van der Waals surface area contributed by atoms with E-state index in [1.165, 1.54) is 13.8 Å². The monoisotopic (exact) mass is 249 g/mol. The van der Waals surface area contributed by atoms with Crippen LogP contribution in [0.2, 0.25) is 0 Å². The minimum atomic E-state index is -1.43. The minimum absolute atomic E-state index is 0.300. The van der Waals surface area contributed by atoms with Crippen LogP contribution in [0.3, 0.4) is 0 Å². The molecule has 0 aromatic carbocycles. The molecule has 0 heterocycles. The molecule has 0 atom stereocenters. The number of carbonyl (C=O) groups is 1. The van der Waals surface area contributed by atoms with Gasteiger partial charge in [-0.15, -0.1) is 0 Å². The minimum Gasteiger partial charge on any atom is -0.385 e. The second kappa shape index (κ2) is 7.37. The van der Waals surface area contributed by atoms with E-state index >= 15 is 0 Å². The maximum Gasteiger partial charge on any atom is 0.269 e. The predicted molar refractivity (Wildman–Crippen MR) is 64.7 cm³/mol. The van der Waals surface area contributed by atoms with Gasteiger partial charge in [0.1, 0.15) is 5.60 Å². The van der Waals surface area contributed by atoms with E-state index in [2.05, 4.69) is 16.2 Å². The largest absolute Gasteiger partial charge is 0.385 e. The van der Waals surface area contributed by atoms with E-state index < -0.39 is 11.5 Å². The first-order valence-corrected chi connectivity index (χ1v) is 5.34. The molecule has 1 amide bonds. The van der Waals surface area contributed by atoms with Crippen molar-refractivity contribution < 1.29 is 14.6 Å². The molecule has 6 nitrogen and oxygen atoms in total. The summed E-state index contributed by atoms with van der Waals surface area (Å²) in [5.41, 5.74) is 3.34. The number of hydrazine groups is 1. The Labute approximate surface area is 101 Å². The molecule has 0 saturated carbocycles. The number of amides is 1. The Morgan fingerprint density at radius 2 is 2.06 bits per heavy atom. The van der Waals surface area contributed by atoms with E-state index in [1.807, 2.05) is 0 Å². The molecule has 0 aliphatic heterocycles. The lowest BCUT2D eigenvalue weighted by atomic mass is 10.1. The highest BCUT2D eigenvalue weighted by molar-refractivity contribution is 7.80. The van der Waals surface area contributed by atoms with Crippen molar-refractivity contribution in [3.8, 4) is 0 Å². The van der Waals surface area contributed by atoms with Gasteiger partial charge in [-0.3, -0.25) is 15.6 Å². The van der Waals surface area contributed by atoms with Crippen LogP contribution in [-0.4, -0.2) is 42.0 Å². The molecule has 0 saturated heterocycles. The van der Waals surface area contributed by atoms with E-state index in [9.17, 15) is 9.90 Å². The second-order valence-electron chi connectivity index (χ2n) is 3.74. The van der Waals surface area contributed by atoms with E-state index in [1.54, 1.807) is 7.11 Å². The third-order valence-electron chi connectivity index (χ3n) is 1.66. The number of methoxy groups -OCH3 is 1. The van der Waals surface area contributed by atoms with Crippen LogP contribution in [0.15, 0.2) is 0 Å². The first kappa shape index (κ1) is 15.1. The lowest BCUT2D eigenvalue weighted by molar-refractivity contribution is -0.137. The molecule has 16 heavy (non-hydrogen) atoms. The molecule has 0 aliphatic carbocycles. The third-order valence-corrected chi connectivity index (χ3v) is 1.90. The highest BCUT2D eigenvalue weighted by Gasteiger charge is 2.23. The van der Waals surface area contributed by atoms with E-state index in [0.29, 0.717) is 18.3 Å². The van der Waals surface area contributed by atoms with Crippen LogP contribution in [0.1, 0.15) is 20.3 Å². The number of nitrogens with one attached hydrogen (secondary N) is 3. The Balaban J connectivity index is 3.62. The fourth-order valence-corrected chi connectivity index (χ4v) is 0.882. The molecular formula is C9H19N3O3S. The van der Waals surface area contributed by atoms with Gasteiger partial charge in [-0.1, -0.05) is 0 Å². The Hall–Kier alpha value is -0.920. The summed E-state index contributed by atoms with van der Waals surface area (Å²) in [6, 6.07) is 0. The normalized spacial score (nSPS) is 10.8. The van der Waals surface area contributed by atoms with Gasteiger partial charge in [0.2, 0.25) is 0 Å². The summed E-state index contributed by atoms with van der Waals surface area (Å²) in [5.74, 6) is -0.548. The van der Waals surface area contributed by atoms with Crippen molar-refractivity contribution in [3.05, 3.63) is 0 Å². The van der Waals surface area contributed by atoms with Crippen molar-refractivity contribution in [1.82, 2.24) is 16.2 Å². The fourth-order valence-electron chi connectivity index (χ4n) is 0.729. The van der Waals surface area contributed by atoms with Crippen LogP contribution in [0.4, 0.5) is 0 Å². The van der Waals surface area contributed by atoms with Gasteiger partial charge in [0, 0.05) is 20.3 Å². The van der Waals surface area contributed by atoms with Crippen LogP contribution in [0.25, 0.3) is 0 Å². The number of hydrogen-bond acceptors (Lipinski definition) is 4. The van der Waals surface area contributed by atoms with Crippen molar-refractivity contribution in [1.29, 1.82) is 0 Å². The maximum absolute atomic E-state index is 11.2. The number of carbonyl (C=O) groups excluding carboxylic acids is 1.